The third-order valence-electron chi connectivity index (χ3n) is 3.91. The van der Waals surface area contributed by atoms with Gasteiger partial charge >= 0.3 is 0 Å². The summed E-state index contributed by atoms with van der Waals surface area (Å²) in [7, 11) is 2.09. The number of pyridine rings is 1. The lowest BCUT2D eigenvalue weighted by molar-refractivity contribution is 0.426. The van der Waals surface area contributed by atoms with Crippen molar-refractivity contribution in [2.24, 2.45) is 0 Å². The van der Waals surface area contributed by atoms with E-state index in [0.29, 0.717) is 16.1 Å². The van der Waals surface area contributed by atoms with Crippen LogP contribution in [0, 0.1) is 0 Å². The highest BCUT2D eigenvalue weighted by Crippen LogP contribution is 2.34. The molecule has 0 bridgehead atoms. The van der Waals surface area contributed by atoms with Crippen LogP contribution < -0.4 is 10.2 Å². The summed E-state index contributed by atoms with van der Waals surface area (Å²) in [5.74, 6) is 1.57. The van der Waals surface area contributed by atoms with Crippen LogP contribution in [0.5, 0.6) is 0 Å². The molecule has 1 aromatic rings. The number of nitrogens with zero attached hydrogens (tertiary/aromatic N) is 2. The van der Waals surface area contributed by atoms with Crippen LogP contribution >= 0.6 is 23.2 Å². The molecule has 1 aromatic heterocycles. The summed E-state index contributed by atoms with van der Waals surface area (Å²) in [5, 5.41) is 4.48. The zero-order valence-electron chi connectivity index (χ0n) is 12.3. The quantitative estimate of drug-likeness (QED) is 0.830. The molecule has 3 nitrogen and oxygen atoms in total. The van der Waals surface area contributed by atoms with Crippen molar-refractivity contribution in [3.8, 4) is 0 Å². The van der Waals surface area contributed by atoms with Crippen LogP contribution in [0.3, 0.4) is 0 Å². The van der Waals surface area contributed by atoms with Gasteiger partial charge in [-0.05, 0) is 25.3 Å². The molecule has 0 saturated heterocycles. The van der Waals surface area contributed by atoms with Crippen LogP contribution in [0.4, 0.5) is 11.6 Å². The van der Waals surface area contributed by atoms with Gasteiger partial charge in [0.25, 0.3) is 0 Å². The van der Waals surface area contributed by atoms with Crippen molar-refractivity contribution in [2.45, 2.75) is 51.5 Å². The van der Waals surface area contributed by atoms with Gasteiger partial charge in [-0.25, -0.2) is 4.98 Å². The van der Waals surface area contributed by atoms with E-state index in [-0.39, 0.29) is 0 Å². The number of anilines is 2. The Morgan fingerprint density at radius 3 is 2.60 bits per heavy atom. The monoisotopic (exact) mass is 315 g/mol. The van der Waals surface area contributed by atoms with Crippen molar-refractivity contribution >= 4 is 34.8 Å². The highest BCUT2D eigenvalue weighted by molar-refractivity contribution is 6.37. The molecular formula is C15H23Cl2N3. The summed E-state index contributed by atoms with van der Waals surface area (Å²) in [6.45, 7) is 2.98. The number of halogens is 2. The molecule has 1 heterocycles. The van der Waals surface area contributed by atoms with E-state index in [0.717, 1.165) is 24.6 Å². The lowest BCUT2D eigenvalue weighted by Gasteiger charge is -2.32. The van der Waals surface area contributed by atoms with Crippen molar-refractivity contribution in [1.82, 2.24) is 4.98 Å². The van der Waals surface area contributed by atoms with E-state index in [2.05, 4.69) is 29.2 Å². The second kappa shape index (κ2) is 7.37. The maximum atomic E-state index is 6.33. The lowest BCUT2D eigenvalue weighted by atomic mass is 9.94. The molecule has 0 aromatic carbocycles. The summed E-state index contributed by atoms with van der Waals surface area (Å²) in [6.07, 6.45) is 7.40. The Morgan fingerprint density at radius 2 is 1.95 bits per heavy atom. The first-order valence-corrected chi connectivity index (χ1v) is 8.21. The molecule has 5 heteroatoms. The molecule has 112 valence electrons. The molecule has 1 aliphatic carbocycles. The highest BCUT2D eigenvalue weighted by atomic mass is 35.5. The smallest absolute Gasteiger partial charge is 0.149 e. The van der Waals surface area contributed by atoms with Crippen molar-refractivity contribution in [3.05, 3.63) is 16.1 Å². The van der Waals surface area contributed by atoms with Crippen molar-refractivity contribution in [3.63, 3.8) is 0 Å². The number of nitrogens with one attached hydrogen (secondary N) is 1. The summed E-state index contributed by atoms with van der Waals surface area (Å²) in [4.78, 5) is 6.85. The second-order valence-electron chi connectivity index (χ2n) is 5.45. The Labute approximate surface area is 131 Å². The Morgan fingerprint density at radius 1 is 1.25 bits per heavy atom. The van der Waals surface area contributed by atoms with Gasteiger partial charge in [0.2, 0.25) is 0 Å². The zero-order chi connectivity index (χ0) is 14.5. The first-order chi connectivity index (χ1) is 9.63. The molecule has 1 saturated carbocycles. The van der Waals surface area contributed by atoms with Gasteiger partial charge in [-0.3, -0.25) is 0 Å². The summed E-state index contributed by atoms with van der Waals surface area (Å²) in [5.41, 5.74) is 0. The van der Waals surface area contributed by atoms with Crippen molar-refractivity contribution in [2.75, 3.05) is 23.8 Å². The Bertz CT molecular complexity index is 445. The van der Waals surface area contributed by atoms with Crippen LogP contribution in [0.25, 0.3) is 0 Å². The van der Waals surface area contributed by atoms with E-state index >= 15 is 0 Å². The van der Waals surface area contributed by atoms with Gasteiger partial charge in [0.15, 0.2) is 0 Å². The molecule has 0 spiro atoms. The fraction of sp³-hybridized carbons (Fsp3) is 0.667. The first kappa shape index (κ1) is 15.7. The van der Waals surface area contributed by atoms with E-state index in [1.807, 2.05) is 0 Å². The molecule has 0 radical (unpaired) electrons. The highest BCUT2D eigenvalue weighted by Gasteiger charge is 2.22. The molecule has 0 aliphatic heterocycles. The molecular weight excluding hydrogens is 293 g/mol. The van der Waals surface area contributed by atoms with Crippen molar-refractivity contribution in [1.29, 1.82) is 0 Å². The average molecular weight is 316 g/mol. The topological polar surface area (TPSA) is 28.2 Å². The second-order valence-corrected chi connectivity index (χ2v) is 6.27. The van der Waals surface area contributed by atoms with E-state index in [9.17, 15) is 0 Å². The number of hydrogen-bond acceptors (Lipinski definition) is 3. The minimum Gasteiger partial charge on any atom is -0.369 e. The fourth-order valence-electron chi connectivity index (χ4n) is 2.71. The van der Waals surface area contributed by atoms with Gasteiger partial charge in [-0.15, -0.1) is 0 Å². The van der Waals surface area contributed by atoms with Crippen molar-refractivity contribution < 1.29 is 0 Å². The molecule has 0 amide bonds. The number of aromatic nitrogens is 1. The van der Waals surface area contributed by atoms with Crippen LogP contribution in [0.15, 0.2) is 6.07 Å². The number of rotatable bonds is 5. The SMILES string of the molecule is CCCNc1nc(N(C)C2CCCCC2)c(Cl)cc1Cl. The molecule has 1 aliphatic rings. The first-order valence-electron chi connectivity index (χ1n) is 7.46. The minimum absolute atomic E-state index is 0.536. The molecule has 1 fully saturated rings. The van der Waals surface area contributed by atoms with Crippen LogP contribution in [-0.2, 0) is 0 Å². The zero-order valence-corrected chi connectivity index (χ0v) is 13.8. The Kier molecular flexibility index (Phi) is 5.79. The van der Waals surface area contributed by atoms with Gasteiger partial charge < -0.3 is 10.2 Å². The molecule has 0 unspecified atom stereocenters. The van der Waals surface area contributed by atoms with E-state index in [4.69, 9.17) is 23.2 Å². The predicted octanol–water partition coefficient (Wildman–Crippen LogP) is 4.98. The Balaban J connectivity index is 2.20. The van der Waals surface area contributed by atoms with Crippen LogP contribution in [0.1, 0.15) is 45.4 Å². The van der Waals surface area contributed by atoms with Gasteiger partial charge in [0.1, 0.15) is 11.6 Å². The average Bonchev–Trinajstić information content (AvgIpc) is 2.47. The molecule has 0 atom stereocenters. The fourth-order valence-corrected chi connectivity index (χ4v) is 3.27. The molecule has 1 N–H and O–H groups in total. The summed E-state index contributed by atoms with van der Waals surface area (Å²) >= 11 is 12.5. The predicted molar refractivity (Wildman–Crippen MR) is 88.3 cm³/mol. The standard InChI is InChI=1S/C15H23Cl2N3/c1-3-9-18-14-12(16)10-13(17)15(19-14)20(2)11-7-5-4-6-8-11/h10-11H,3-9H2,1-2H3,(H,18,19). The van der Waals surface area contributed by atoms with Crippen LogP contribution in [-0.4, -0.2) is 24.6 Å². The number of hydrogen-bond donors (Lipinski definition) is 1. The third kappa shape index (κ3) is 3.70. The maximum absolute atomic E-state index is 6.33. The summed E-state index contributed by atoms with van der Waals surface area (Å²) in [6, 6.07) is 2.33. The van der Waals surface area contributed by atoms with E-state index < -0.39 is 0 Å². The molecule has 20 heavy (non-hydrogen) atoms. The van der Waals surface area contributed by atoms with E-state index in [1.54, 1.807) is 6.07 Å². The molecule has 2 rings (SSSR count). The Hall–Kier alpha value is -0.670. The largest absolute Gasteiger partial charge is 0.369 e. The minimum atomic E-state index is 0.536. The normalized spacial score (nSPS) is 16.2. The van der Waals surface area contributed by atoms with Gasteiger partial charge in [0, 0.05) is 19.6 Å². The van der Waals surface area contributed by atoms with Gasteiger partial charge in [-0.2, -0.15) is 0 Å². The van der Waals surface area contributed by atoms with Gasteiger partial charge in [-0.1, -0.05) is 49.4 Å². The van der Waals surface area contributed by atoms with Gasteiger partial charge in [0.05, 0.1) is 10.0 Å². The third-order valence-corrected chi connectivity index (χ3v) is 4.48. The summed E-state index contributed by atoms with van der Waals surface area (Å²) < 4.78 is 0. The maximum Gasteiger partial charge on any atom is 0.149 e. The van der Waals surface area contributed by atoms with E-state index in [1.165, 1.54) is 32.1 Å². The lowest BCUT2D eigenvalue weighted by Crippen LogP contribution is -2.34. The van der Waals surface area contributed by atoms with Crippen LogP contribution in [0.2, 0.25) is 10.0 Å².